The summed E-state index contributed by atoms with van der Waals surface area (Å²) in [7, 11) is 1.60. The van der Waals surface area contributed by atoms with Crippen molar-refractivity contribution in [2.45, 2.75) is 10.6 Å². The first-order chi connectivity index (χ1) is 9.22. The minimum atomic E-state index is -0.245. The van der Waals surface area contributed by atoms with Gasteiger partial charge in [-0.1, -0.05) is 0 Å². The molecule has 0 aliphatic carbocycles. The van der Waals surface area contributed by atoms with E-state index >= 15 is 0 Å². The van der Waals surface area contributed by atoms with Gasteiger partial charge in [-0.3, -0.25) is 4.79 Å². The summed E-state index contributed by atoms with van der Waals surface area (Å²) in [4.78, 5) is 11.8. The molecular formula is C15H13FO2S. The van der Waals surface area contributed by atoms with Gasteiger partial charge in [0.05, 0.1) is 7.11 Å². The molecule has 98 valence electrons. The van der Waals surface area contributed by atoms with Gasteiger partial charge in [0, 0.05) is 21.8 Å². The molecule has 0 aromatic heterocycles. The van der Waals surface area contributed by atoms with Crippen molar-refractivity contribution in [3.05, 3.63) is 59.4 Å². The first-order valence-electron chi connectivity index (χ1n) is 5.73. The predicted octanol–water partition coefficient (Wildman–Crippen LogP) is 3.94. The maximum absolute atomic E-state index is 12.8. The van der Waals surface area contributed by atoms with E-state index in [9.17, 15) is 9.18 Å². The van der Waals surface area contributed by atoms with Crippen LogP contribution in [0.4, 0.5) is 4.39 Å². The average Bonchev–Trinajstić information content (AvgIpc) is 2.46. The second-order valence-electron chi connectivity index (χ2n) is 3.93. The Morgan fingerprint density at radius 3 is 2.58 bits per heavy atom. The molecule has 0 atom stereocenters. The van der Waals surface area contributed by atoms with Crippen molar-refractivity contribution in [3.63, 3.8) is 0 Å². The van der Waals surface area contributed by atoms with Crippen LogP contribution in [0, 0.1) is 5.82 Å². The number of ether oxygens (including phenoxy) is 1. The van der Waals surface area contributed by atoms with Gasteiger partial charge in [-0.25, -0.2) is 4.39 Å². The van der Waals surface area contributed by atoms with Gasteiger partial charge < -0.3 is 4.74 Å². The molecule has 0 saturated heterocycles. The number of carbonyl (C=O) groups is 1. The molecule has 2 nitrogen and oxygen atoms in total. The lowest BCUT2D eigenvalue weighted by atomic mass is 10.1. The molecule has 2 aromatic rings. The molecule has 2 rings (SSSR count). The zero-order valence-electron chi connectivity index (χ0n) is 10.4. The second-order valence-corrected chi connectivity index (χ2v) is 4.98. The van der Waals surface area contributed by atoms with Crippen molar-refractivity contribution in [2.75, 3.05) is 7.11 Å². The highest BCUT2D eigenvalue weighted by Gasteiger charge is 2.05. The van der Waals surface area contributed by atoms with Gasteiger partial charge in [0.15, 0.2) is 0 Å². The maximum atomic E-state index is 12.8. The lowest BCUT2D eigenvalue weighted by Crippen LogP contribution is -1.92. The Kier molecular flexibility index (Phi) is 4.58. The Bertz CT molecular complexity index is 567. The summed E-state index contributed by atoms with van der Waals surface area (Å²) in [6, 6.07) is 11.6. The molecule has 0 amide bonds. The van der Waals surface area contributed by atoms with E-state index in [2.05, 4.69) is 0 Å². The standard InChI is InChI=1S/C15H13FO2S/c1-18-15-7-2-11(9-17)8-12(15)10-19-14-5-3-13(16)4-6-14/h2-9H,10H2,1H3. The van der Waals surface area contributed by atoms with Crippen molar-refractivity contribution >= 4 is 18.0 Å². The van der Waals surface area contributed by atoms with Crippen LogP contribution >= 0.6 is 11.8 Å². The minimum absolute atomic E-state index is 0.245. The molecule has 19 heavy (non-hydrogen) atoms. The Hall–Kier alpha value is -1.81. The smallest absolute Gasteiger partial charge is 0.150 e. The van der Waals surface area contributed by atoms with Gasteiger partial charge in [-0.15, -0.1) is 11.8 Å². The van der Waals surface area contributed by atoms with Crippen molar-refractivity contribution < 1.29 is 13.9 Å². The number of aldehydes is 1. The molecule has 0 heterocycles. The van der Waals surface area contributed by atoms with E-state index in [-0.39, 0.29) is 5.82 Å². The number of rotatable bonds is 5. The Balaban J connectivity index is 2.13. The fourth-order valence-electron chi connectivity index (χ4n) is 1.68. The van der Waals surface area contributed by atoms with Crippen LogP contribution < -0.4 is 4.74 Å². The monoisotopic (exact) mass is 276 g/mol. The molecule has 0 spiro atoms. The topological polar surface area (TPSA) is 26.3 Å². The Morgan fingerprint density at radius 1 is 1.21 bits per heavy atom. The summed E-state index contributed by atoms with van der Waals surface area (Å²) in [5, 5.41) is 0. The van der Waals surface area contributed by atoms with Gasteiger partial charge in [0.1, 0.15) is 17.9 Å². The van der Waals surface area contributed by atoms with Gasteiger partial charge in [0.25, 0.3) is 0 Å². The highest BCUT2D eigenvalue weighted by Crippen LogP contribution is 2.28. The zero-order valence-corrected chi connectivity index (χ0v) is 11.2. The summed E-state index contributed by atoms with van der Waals surface area (Å²) >= 11 is 1.57. The number of methoxy groups -OCH3 is 1. The molecule has 0 aliphatic heterocycles. The van der Waals surface area contributed by atoms with Gasteiger partial charge in [-0.2, -0.15) is 0 Å². The van der Waals surface area contributed by atoms with Crippen LogP contribution in [-0.4, -0.2) is 13.4 Å². The molecule has 0 aliphatic rings. The van der Waals surface area contributed by atoms with Crippen LogP contribution in [0.15, 0.2) is 47.4 Å². The van der Waals surface area contributed by atoms with Crippen LogP contribution in [0.3, 0.4) is 0 Å². The zero-order chi connectivity index (χ0) is 13.7. The van der Waals surface area contributed by atoms with Gasteiger partial charge in [-0.05, 0) is 42.5 Å². The molecular weight excluding hydrogens is 263 g/mol. The van der Waals surface area contributed by atoms with Crippen molar-refractivity contribution in [1.29, 1.82) is 0 Å². The van der Waals surface area contributed by atoms with E-state index in [0.29, 0.717) is 11.3 Å². The minimum Gasteiger partial charge on any atom is -0.496 e. The largest absolute Gasteiger partial charge is 0.496 e. The number of thioether (sulfide) groups is 1. The third-order valence-electron chi connectivity index (χ3n) is 2.65. The predicted molar refractivity (Wildman–Crippen MR) is 74.3 cm³/mol. The number of hydrogen-bond donors (Lipinski definition) is 0. The SMILES string of the molecule is COc1ccc(C=O)cc1CSc1ccc(F)cc1. The first-order valence-corrected chi connectivity index (χ1v) is 6.72. The summed E-state index contributed by atoms with van der Waals surface area (Å²) < 4.78 is 18.1. The summed E-state index contributed by atoms with van der Waals surface area (Å²) in [5.74, 6) is 1.17. The maximum Gasteiger partial charge on any atom is 0.150 e. The number of halogens is 1. The van der Waals surface area contributed by atoms with E-state index in [1.54, 1.807) is 43.1 Å². The molecule has 0 radical (unpaired) electrons. The third-order valence-corrected chi connectivity index (χ3v) is 3.71. The van der Waals surface area contributed by atoms with Gasteiger partial charge in [0.2, 0.25) is 0 Å². The van der Waals surface area contributed by atoms with E-state index in [1.807, 2.05) is 6.07 Å². The molecule has 0 N–H and O–H groups in total. The number of carbonyl (C=O) groups excluding carboxylic acids is 1. The Morgan fingerprint density at radius 2 is 1.95 bits per heavy atom. The summed E-state index contributed by atoms with van der Waals surface area (Å²) in [5.41, 5.74) is 1.57. The Labute approximate surface area is 115 Å². The first kappa shape index (κ1) is 13.6. The fraction of sp³-hybridized carbons (Fsp3) is 0.133. The quantitative estimate of drug-likeness (QED) is 0.611. The van der Waals surface area contributed by atoms with Crippen molar-refractivity contribution in [1.82, 2.24) is 0 Å². The average molecular weight is 276 g/mol. The molecule has 2 aromatic carbocycles. The van der Waals surface area contributed by atoms with Gasteiger partial charge >= 0.3 is 0 Å². The van der Waals surface area contributed by atoms with Crippen LogP contribution in [-0.2, 0) is 5.75 Å². The van der Waals surface area contributed by atoms with Crippen molar-refractivity contribution in [3.8, 4) is 5.75 Å². The molecule has 0 bridgehead atoms. The van der Waals surface area contributed by atoms with Crippen LogP contribution in [0.1, 0.15) is 15.9 Å². The van der Waals surface area contributed by atoms with Crippen LogP contribution in [0.5, 0.6) is 5.75 Å². The summed E-state index contributed by atoms with van der Waals surface area (Å²) in [6.07, 6.45) is 0.811. The van der Waals surface area contributed by atoms with Crippen LogP contribution in [0.2, 0.25) is 0 Å². The normalized spacial score (nSPS) is 10.2. The molecule has 0 unspecified atom stereocenters. The van der Waals surface area contributed by atoms with E-state index in [0.717, 1.165) is 22.5 Å². The lowest BCUT2D eigenvalue weighted by Gasteiger charge is -2.09. The number of hydrogen-bond acceptors (Lipinski definition) is 3. The van der Waals surface area contributed by atoms with Crippen molar-refractivity contribution in [2.24, 2.45) is 0 Å². The van der Waals surface area contributed by atoms with E-state index in [1.165, 1.54) is 12.1 Å². The number of benzene rings is 2. The van der Waals surface area contributed by atoms with Crippen LogP contribution in [0.25, 0.3) is 0 Å². The molecule has 4 heteroatoms. The highest BCUT2D eigenvalue weighted by atomic mass is 32.2. The second kappa shape index (κ2) is 6.38. The highest BCUT2D eigenvalue weighted by molar-refractivity contribution is 7.98. The molecule has 0 fully saturated rings. The van der Waals surface area contributed by atoms with E-state index < -0.39 is 0 Å². The fourth-order valence-corrected chi connectivity index (χ4v) is 2.55. The molecule has 0 saturated carbocycles. The lowest BCUT2D eigenvalue weighted by molar-refractivity contribution is 0.112. The van der Waals surface area contributed by atoms with E-state index in [4.69, 9.17) is 4.74 Å². The third kappa shape index (κ3) is 3.58. The summed E-state index contributed by atoms with van der Waals surface area (Å²) in [6.45, 7) is 0.